The molecule has 1 aromatic carbocycles. The fourth-order valence-electron chi connectivity index (χ4n) is 5.25. The van der Waals surface area contributed by atoms with Crippen LogP contribution in [-0.4, -0.2) is 66.1 Å². The third kappa shape index (κ3) is 4.10. The molecule has 1 N–H and O–H groups in total. The summed E-state index contributed by atoms with van der Waals surface area (Å²) >= 11 is 0. The van der Waals surface area contributed by atoms with Crippen LogP contribution in [0.1, 0.15) is 63.2 Å². The highest BCUT2D eigenvalue weighted by atomic mass is 16.6. The van der Waals surface area contributed by atoms with Crippen molar-refractivity contribution >= 4 is 5.91 Å². The monoisotopic (exact) mass is 417 g/mol. The zero-order chi connectivity index (χ0) is 21.6. The molecule has 0 aliphatic carbocycles. The lowest BCUT2D eigenvalue weighted by Crippen LogP contribution is -2.45. The van der Waals surface area contributed by atoms with Crippen LogP contribution in [0.25, 0.3) is 0 Å². The number of carbonyl (C=O) groups is 1. The van der Waals surface area contributed by atoms with E-state index in [1.165, 1.54) is 0 Å². The van der Waals surface area contributed by atoms with Gasteiger partial charge < -0.3 is 24.2 Å². The number of nitrogens with zero attached hydrogens (tertiary/aromatic N) is 1. The third-order valence-electron chi connectivity index (χ3n) is 7.42. The van der Waals surface area contributed by atoms with Crippen molar-refractivity contribution in [2.75, 3.05) is 26.8 Å². The van der Waals surface area contributed by atoms with Crippen molar-refractivity contribution in [3.05, 3.63) is 29.8 Å². The Hall–Kier alpha value is -1.63. The van der Waals surface area contributed by atoms with E-state index < -0.39 is 5.60 Å². The van der Waals surface area contributed by atoms with Gasteiger partial charge in [0.15, 0.2) is 0 Å². The number of hydrogen-bond acceptors (Lipinski definition) is 5. The van der Waals surface area contributed by atoms with Gasteiger partial charge in [-0.2, -0.15) is 0 Å². The standard InChI is InChI=1S/C24H35NO5/c1-22(2,27)19-8-9-23(3,30-19)20-15-24(16-29-20)10-12-25(13-11-24)21(26)17-6-5-7-18(14-17)28-4/h5-7,14,19-20,27H,8-13,15-16H2,1-4H3/t19-,20-,23+/m0/s1. The minimum Gasteiger partial charge on any atom is -0.497 e. The molecule has 1 aromatic rings. The highest BCUT2D eigenvalue weighted by molar-refractivity contribution is 5.94. The van der Waals surface area contributed by atoms with Gasteiger partial charge in [-0.15, -0.1) is 0 Å². The lowest BCUT2D eigenvalue weighted by molar-refractivity contribution is -0.155. The van der Waals surface area contributed by atoms with Gasteiger partial charge in [-0.3, -0.25) is 4.79 Å². The van der Waals surface area contributed by atoms with Gasteiger partial charge in [0.2, 0.25) is 0 Å². The number of ether oxygens (including phenoxy) is 3. The van der Waals surface area contributed by atoms with Crippen molar-refractivity contribution in [1.29, 1.82) is 0 Å². The number of hydrogen-bond donors (Lipinski definition) is 1. The van der Waals surface area contributed by atoms with Gasteiger partial charge in [-0.1, -0.05) is 6.07 Å². The van der Waals surface area contributed by atoms with Crippen molar-refractivity contribution < 1.29 is 24.1 Å². The summed E-state index contributed by atoms with van der Waals surface area (Å²) in [7, 11) is 1.61. The number of rotatable bonds is 4. The van der Waals surface area contributed by atoms with E-state index in [0.717, 1.165) is 51.8 Å². The van der Waals surface area contributed by atoms with E-state index in [9.17, 15) is 9.90 Å². The molecule has 0 radical (unpaired) electrons. The Morgan fingerprint density at radius 3 is 2.63 bits per heavy atom. The molecule has 0 unspecified atom stereocenters. The van der Waals surface area contributed by atoms with Crippen LogP contribution in [0.2, 0.25) is 0 Å². The quantitative estimate of drug-likeness (QED) is 0.813. The van der Waals surface area contributed by atoms with E-state index in [1.807, 2.05) is 36.9 Å². The predicted molar refractivity (Wildman–Crippen MR) is 114 cm³/mol. The smallest absolute Gasteiger partial charge is 0.253 e. The average molecular weight is 418 g/mol. The summed E-state index contributed by atoms with van der Waals surface area (Å²) in [6.45, 7) is 7.98. The maximum absolute atomic E-state index is 12.9. The first-order valence-electron chi connectivity index (χ1n) is 11.1. The summed E-state index contributed by atoms with van der Waals surface area (Å²) < 4.78 is 17.8. The molecule has 3 aliphatic rings. The topological polar surface area (TPSA) is 68.2 Å². The van der Waals surface area contributed by atoms with Gasteiger partial charge in [0, 0.05) is 18.7 Å². The van der Waals surface area contributed by atoms with Crippen molar-refractivity contribution in [2.45, 2.75) is 76.3 Å². The van der Waals surface area contributed by atoms with E-state index >= 15 is 0 Å². The zero-order valence-electron chi connectivity index (χ0n) is 18.6. The van der Waals surface area contributed by atoms with E-state index in [1.54, 1.807) is 13.2 Å². The van der Waals surface area contributed by atoms with E-state index in [-0.39, 0.29) is 29.1 Å². The van der Waals surface area contributed by atoms with Crippen LogP contribution in [0, 0.1) is 5.41 Å². The molecular formula is C24H35NO5. The molecule has 1 amide bonds. The first kappa shape index (κ1) is 21.6. The molecule has 30 heavy (non-hydrogen) atoms. The summed E-state index contributed by atoms with van der Waals surface area (Å²) in [5.74, 6) is 0.772. The number of aliphatic hydroxyl groups is 1. The van der Waals surface area contributed by atoms with Gasteiger partial charge in [0.25, 0.3) is 5.91 Å². The molecule has 3 fully saturated rings. The molecule has 3 saturated heterocycles. The Morgan fingerprint density at radius 2 is 2.00 bits per heavy atom. The minimum atomic E-state index is -0.833. The fourth-order valence-corrected chi connectivity index (χ4v) is 5.25. The highest BCUT2D eigenvalue weighted by Gasteiger charge is 2.53. The lowest BCUT2D eigenvalue weighted by atomic mass is 9.74. The molecule has 0 saturated carbocycles. The molecule has 6 heteroatoms. The summed E-state index contributed by atoms with van der Waals surface area (Å²) in [5.41, 5.74) is -0.383. The number of piperidine rings is 1. The van der Waals surface area contributed by atoms with Crippen LogP contribution in [0.15, 0.2) is 24.3 Å². The molecule has 6 nitrogen and oxygen atoms in total. The molecule has 0 bridgehead atoms. The second-order valence-corrected chi connectivity index (χ2v) is 10.1. The first-order valence-corrected chi connectivity index (χ1v) is 11.1. The Morgan fingerprint density at radius 1 is 1.27 bits per heavy atom. The summed E-state index contributed by atoms with van der Waals surface area (Å²) in [6, 6.07) is 7.36. The summed E-state index contributed by atoms with van der Waals surface area (Å²) in [6.07, 6.45) is 4.52. The maximum Gasteiger partial charge on any atom is 0.253 e. The van der Waals surface area contributed by atoms with E-state index in [4.69, 9.17) is 14.2 Å². The van der Waals surface area contributed by atoms with Gasteiger partial charge in [0.1, 0.15) is 5.75 Å². The lowest BCUT2D eigenvalue weighted by Gasteiger charge is -2.39. The van der Waals surface area contributed by atoms with Gasteiger partial charge >= 0.3 is 0 Å². The van der Waals surface area contributed by atoms with Crippen molar-refractivity contribution in [1.82, 2.24) is 4.90 Å². The Balaban J connectivity index is 1.36. The van der Waals surface area contributed by atoms with Crippen molar-refractivity contribution in [3.8, 4) is 5.75 Å². The zero-order valence-corrected chi connectivity index (χ0v) is 18.6. The maximum atomic E-state index is 12.9. The molecule has 4 rings (SSSR count). The average Bonchev–Trinajstić information content (AvgIpc) is 3.33. The number of likely N-dealkylation sites (tertiary alicyclic amines) is 1. The molecule has 166 valence electrons. The summed E-state index contributed by atoms with van der Waals surface area (Å²) in [4.78, 5) is 14.9. The normalized spacial score (nSPS) is 31.3. The van der Waals surface area contributed by atoms with Crippen LogP contribution >= 0.6 is 0 Å². The van der Waals surface area contributed by atoms with Crippen LogP contribution in [-0.2, 0) is 9.47 Å². The number of methoxy groups -OCH3 is 1. The van der Waals surface area contributed by atoms with E-state index in [2.05, 4.69) is 6.92 Å². The van der Waals surface area contributed by atoms with Crippen LogP contribution in [0.3, 0.4) is 0 Å². The Labute approximate surface area is 179 Å². The number of carbonyl (C=O) groups excluding carboxylic acids is 1. The van der Waals surface area contributed by atoms with Crippen molar-refractivity contribution in [3.63, 3.8) is 0 Å². The second-order valence-electron chi connectivity index (χ2n) is 10.1. The highest BCUT2D eigenvalue weighted by Crippen LogP contribution is 2.49. The van der Waals surface area contributed by atoms with Crippen LogP contribution in [0.5, 0.6) is 5.75 Å². The third-order valence-corrected chi connectivity index (χ3v) is 7.42. The largest absolute Gasteiger partial charge is 0.497 e. The van der Waals surface area contributed by atoms with Gasteiger partial charge in [0.05, 0.1) is 37.1 Å². The second kappa shape index (κ2) is 7.81. The van der Waals surface area contributed by atoms with Crippen LogP contribution in [0.4, 0.5) is 0 Å². The SMILES string of the molecule is COc1cccc(C(=O)N2CCC3(CC2)CO[C@H]([C@@]2(C)CC[C@@H](C(C)(C)O)O2)C3)c1. The van der Waals surface area contributed by atoms with Crippen LogP contribution < -0.4 is 4.74 Å². The van der Waals surface area contributed by atoms with Gasteiger partial charge in [-0.25, -0.2) is 0 Å². The van der Waals surface area contributed by atoms with Crippen molar-refractivity contribution in [2.24, 2.45) is 5.41 Å². The first-order chi connectivity index (χ1) is 14.1. The van der Waals surface area contributed by atoms with E-state index in [0.29, 0.717) is 11.3 Å². The Kier molecular flexibility index (Phi) is 5.62. The molecule has 3 atom stereocenters. The molecular weight excluding hydrogens is 382 g/mol. The molecule has 0 aromatic heterocycles. The van der Waals surface area contributed by atoms with Gasteiger partial charge in [-0.05, 0) is 76.5 Å². The fraction of sp³-hybridized carbons (Fsp3) is 0.708. The number of amides is 1. The molecule has 3 aliphatic heterocycles. The summed E-state index contributed by atoms with van der Waals surface area (Å²) in [5, 5.41) is 10.3. The molecule has 1 spiro atoms. The molecule has 3 heterocycles. The minimum absolute atomic E-state index is 0.0467. The Bertz CT molecular complexity index is 780. The number of benzene rings is 1. The predicted octanol–water partition coefficient (Wildman–Crippen LogP) is 3.42.